The molecule has 118 valence electrons. The van der Waals surface area contributed by atoms with Gasteiger partial charge in [-0.15, -0.1) is 12.4 Å². The normalized spacial score (nSPS) is 18.3. The number of hydrogen-bond acceptors (Lipinski definition) is 3. The van der Waals surface area contributed by atoms with Crippen molar-refractivity contribution in [1.29, 1.82) is 0 Å². The van der Waals surface area contributed by atoms with E-state index < -0.39 is 0 Å². The maximum Gasteiger partial charge on any atom is 0.238 e. The van der Waals surface area contributed by atoms with Crippen molar-refractivity contribution in [3.63, 3.8) is 0 Å². The van der Waals surface area contributed by atoms with Crippen molar-refractivity contribution in [2.75, 3.05) is 32.0 Å². The van der Waals surface area contributed by atoms with Gasteiger partial charge in [0.05, 0.1) is 6.54 Å². The van der Waals surface area contributed by atoms with Gasteiger partial charge in [-0.1, -0.05) is 17.7 Å². The van der Waals surface area contributed by atoms with E-state index in [0.29, 0.717) is 12.6 Å². The van der Waals surface area contributed by atoms with Gasteiger partial charge in [-0.2, -0.15) is 0 Å². The summed E-state index contributed by atoms with van der Waals surface area (Å²) in [6.45, 7) is 6.55. The van der Waals surface area contributed by atoms with E-state index in [1.807, 2.05) is 26.1 Å². The maximum atomic E-state index is 12.2. The van der Waals surface area contributed by atoms with Crippen LogP contribution in [0.1, 0.15) is 24.0 Å². The molecule has 4 nitrogen and oxygen atoms in total. The quantitative estimate of drug-likeness (QED) is 0.877. The molecule has 1 atom stereocenters. The number of rotatable bonds is 5. The van der Waals surface area contributed by atoms with E-state index in [1.54, 1.807) is 0 Å². The predicted molar refractivity (Wildman–Crippen MR) is 90.3 cm³/mol. The number of amides is 1. The molecule has 1 aromatic carbocycles. The van der Waals surface area contributed by atoms with Crippen LogP contribution in [0.2, 0.25) is 0 Å². The highest BCUT2D eigenvalue weighted by molar-refractivity contribution is 5.93. The van der Waals surface area contributed by atoms with Crippen LogP contribution < -0.4 is 10.6 Å². The molecule has 0 bridgehead atoms. The van der Waals surface area contributed by atoms with E-state index >= 15 is 0 Å². The van der Waals surface area contributed by atoms with Gasteiger partial charge in [0.1, 0.15) is 0 Å². The summed E-state index contributed by atoms with van der Waals surface area (Å²) in [7, 11) is 1.96. The lowest BCUT2D eigenvalue weighted by atomic mass is 10.1. The monoisotopic (exact) mass is 311 g/mol. The number of nitrogens with zero attached hydrogens (tertiary/aromatic N) is 1. The molecule has 1 aliphatic rings. The van der Waals surface area contributed by atoms with Crippen molar-refractivity contribution in [1.82, 2.24) is 10.2 Å². The summed E-state index contributed by atoms with van der Waals surface area (Å²) >= 11 is 0. The molecule has 0 spiro atoms. The molecule has 1 fully saturated rings. The number of halogens is 1. The van der Waals surface area contributed by atoms with Crippen LogP contribution in [0.5, 0.6) is 0 Å². The first kappa shape index (κ1) is 18.0. The van der Waals surface area contributed by atoms with Crippen LogP contribution in [-0.4, -0.2) is 43.5 Å². The van der Waals surface area contributed by atoms with Gasteiger partial charge in [-0.3, -0.25) is 9.69 Å². The van der Waals surface area contributed by atoms with E-state index in [9.17, 15) is 4.79 Å². The third-order valence-electron chi connectivity index (χ3n) is 3.94. The minimum atomic E-state index is 0. The average molecular weight is 312 g/mol. The molecule has 1 saturated heterocycles. The summed E-state index contributed by atoms with van der Waals surface area (Å²) < 4.78 is 0. The Kier molecular flexibility index (Phi) is 7.15. The Morgan fingerprint density at radius 2 is 2.14 bits per heavy atom. The van der Waals surface area contributed by atoms with E-state index in [1.165, 1.54) is 18.4 Å². The van der Waals surface area contributed by atoms with Crippen LogP contribution in [0.25, 0.3) is 0 Å². The Morgan fingerprint density at radius 3 is 2.81 bits per heavy atom. The number of anilines is 1. The Labute approximate surface area is 133 Å². The molecular weight excluding hydrogens is 286 g/mol. The maximum absolute atomic E-state index is 12.2. The van der Waals surface area contributed by atoms with Crippen molar-refractivity contribution >= 4 is 24.0 Å². The second-order valence-corrected chi connectivity index (χ2v) is 5.69. The number of carbonyl (C=O) groups excluding carboxylic acids is 1. The van der Waals surface area contributed by atoms with Crippen molar-refractivity contribution in [3.05, 3.63) is 29.3 Å². The van der Waals surface area contributed by atoms with Gasteiger partial charge in [0.2, 0.25) is 5.91 Å². The molecular formula is C16H26ClN3O. The number of carbonyl (C=O) groups is 1. The Balaban J connectivity index is 0.00000220. The number of hydrogen-bond donors (Lipinski definition) is 2. The first-order chi connectivity index (χ1) is 9.60. The zero-order valence-corrected chi connectivity index (χ0v) is 13.9. The molecule has 5 heteroatoms. The Hall–Kier alpha value is -1.10. The van der Waals surface area contributed by atoms with E-state index in [0.717, 1.165) is 24.3 Å². The molecule has 0 radical (unpaired) electrons. The van der Waals surface area contributed by atoms with Crippen molar-refractivity contribution in [2.45, 2.75) is 32.7 Å². The second-order valence-electron chi connectivity index (χ2n) is 5.69. The number of aryl methyl sites for hydroxylation is 2. The molecule has 2 N–H and O–H groups in total. The molecule has 1 heterocycles. The van der Waals surface area contributed by atoms with Gasteiger partial charge in [-0.25, -0.2) is 0 Å². The average Bonchev–Trinajstić information content (AvgIpc) is 2.81. The predicted octanol–water partition coefficient (Wildman–Crippen LogP) is 2.35. The molecule has 1 unspecified atom stereocenters. The fourth-order valence-electron chi connectivity index (χ4n) is 2.90. The highest BCUT2D eigenvalue weighted by atomic mass is 35.5. The van der Waals surface area contributed by atoms with E-state index in [2.05, 4.69) is 28.5 Å². The summed E-state index contributed by atoms with van der Waals surface area (Å²) in [5.41, 5.74) is 3.26. The van der Waals surface area contributed by atoms with E-state index in [-0.39, 0.29) is 18.3 Å². The molecule has 0 saturated carbocycles. The number of benzene rings is 1. The van der Waals surface area contributed by atoms with Crippen molar-refractivity contribution in [3.8, 4) is 0 Å². The fraction of sp³-hybridized carbons (Fsp3) is 0.562. The lowest BCUT2D eigenvalue weighted by Gasteiger charge is -2.23. The molecule has 1 aliphatic heterocycles. The minimum Gasteiger partial charge on any atom is -0.325 e. The van der Waals surface area contributed by atoms with Crippen LogP contribution in [0.15, 0.2) is 18.2 Å². The second kappa shape index (κ2) is 8.37. The van der Waals surface area contributed by atoms with Crippen LogP contribution in [0, 0.1) is 13.8 Å². The summed E-state index contributed by atoms with van der Waals surface area (Å²) in [5.74, 6) is 0.0833. The first-order valence-corrected chi connectivity index (χ1v) is 7.36. The first-order valence-electron chi connectivity index (χ1n) is 7.36. The standard InChI is InChI=1S/C16H25N3O.ClH/c1-12-6-7-15(13(2)9-12)18-16(20)11-19-8-4-5-14(19)10-17-3;/h6-7,9,14,17H,4-5,8,10-11H2,1-3H3,(H,18,20);1H. The summed E-state index contributed by atoms with van der Waals surface area (Å²) in [6, 6.07) is 6.60. The fourth-order valence-corrected chi connectivity index (χ4v) is 2.90. The molecule has 2 rings (SSSR count). The summed E-state index contributed by atoms with van der Waals surface area (Å²) in [5, 5.41) is 6.23. The van der Waals surface area contributed by atoms with Crippen LogP contribution in [-0.2, 0) is 4.79 Å². The van der Waals surface area contributed by atoms with Crippen molar-refractivity contribution < 1.29 is 4.79 Å². The number of nitrogens with one attached hydrogen (secondary N) is 2. The molecule has 21 heavy (non-hydrogen) atoms. The topological polar surface area (TPSA) is 44.4 Å². The largest absolute Gasteiger partial charge is 0.325 e. The smallest absolute Gasteiger partial charge is 0.238 e. The Bertz CT molecular complexity index is 479. The highest BCUT2D eigenvalue weighted by Crippen LogP contribution is 2.18. The van der Waals surface area contributed by atoms with Crippen molar-refractivity contribution in [2.24, 2.45) is 0 Å². The lowest BCUT2D eigenvalue weighted by Crippen LogP contribution is -2.41. The molecule has 1 amide bonds. The SMILES string of the molecule is CNCC1CCCN1CC(=O)Nc1ccc(C)cc1C.Cl. The zero-order valence-electron chi connectivity index (χ0n) is 13.1. The third-order valence-corrected chi connectivity index (χ3v) is 3.94. The van der Waals surface area contributed by atoms with Crippen LogP contribution >= 0.6 is 12.4 Å². The van der Waals surface area contributed by atoms with Crippen LogP contribution in [0.4, 0.5) is 5.69 Å². The number of likely N-dealkylation sites (N-methyl/N-ethyl adjacent to an activating group) is 1. The molecule has 0 aliphatic carbocycles. The van der Waals surface area contributed by atoms with Crippen LogP contribution in [0.3, 0.4) is 0 Å². The molecule has 0 aromatic heterocycles. The van der Waals surface area contributed by atoms with Gasteiger partial charge in [0, 0.05) is 18.3 Å². The van der Waals surface area contributed by atoms with Gasteiger partial charge in [0.25, 0.3) is 0 Å². The third kappa shape index (κ3) is 4.99. The lowest BCUT2D eigenvalue weighted by molar-refractivity contribution is -0.117. The Morgan fingerprint density at radius 1 is 1.38 bits per heavy atom. The number of likely N-dealkylation sites (tertiary alicyclic amines) is 1. The van der Waals surface area contributed by atoms with Gasteiger partial charge in [0.15, 0.2) is 0 Å². The van der Waals surface area contributed by atoms with Gasteiger partial charge < -0.3 is 10.6 Å². The zero-order chi connectivity index (χ0) is 14.5. The van der Waals surface area contributed by atoms with Gasteiger partial charge >= 0.3 is 0 Å². The highest BCUT2D eigenvalue weighted by Gasteiger charge is 2.25. The van der Waals surface area contributed by atoms with Gasteiger partial charge in [-0.05, 0) is 51.9 Å². The van der Waals surface area contributed by atoms with E-state index in [4.69, 9.17) is 0 Å². The minimum absolute atomic E-state index is 0. The summed E-state index contributed by atoms with van der Waals surface area (Å²) in [4.78, 5) is 14.5. The molecule has 1 aromatic rings. The summed E-state index contributed by atoms with van der Waals surface area (Å²) in [6.07, 6.45) is 2.36.